The molecule has 1 atom stereocenters. The summed E-state index contributed by atoms with van der Waals surface area (Å²) in [7, 11) is 0. The van der Waals surface area contributed by atoms with Crippen molar-refractivity contribution in [1.29, 1.82) is 0 Å². The van der Waals surface area contributed by atoms with Crippen LogP contribution in [-0.2, 0) is 4.74 Å². The fourth-order valence-electron chi connectivity index (χ4n) is 2.04. The molecule has 0 fully saturated rings. The molecule has 0 aliphatic rings. The van der Waals surface area contributed by atoms with E-state index in [0.29, 0.717) is 24.1 Å². The molecular formula is C14H17N3O3. The molecule has 2 aromatic rings. The number of rotatable bonds is 6. The predicted octanol–water partition coefficient (Wildman–Crippen LogP) is 2.98. The average molecular weight is 275 g/mol. The van der Waals surface area contributed by atoms with E-state index in [2.05, 4.69) is 10.3 Å². The highest BCUT2D eigenvalue weighted by Crippen LogP contribution is 2.29. The summed E-state index contributed by atoms with van der Waals surface area (Å²) >= 11 is 0. The standard InChI is InChI=1S/C14H17N3O3/c1-3-20-9-10(2)16-12-6-7-13(17(18)19)11-5-4-8-15-14(11)12/h4-8,10,16H,3,9H2,1-2H3. The molecule has 0 radical (unpaired) electrons. The molecule has 2 rings (SSSR count). The van der Waals surface area contributed by atoms with E-state index in [1.807, 2.05) is 13.8 Å². The minimum absolute atomic E-state index is 0.0658. The highest BCUT2D eigenvalue weighted by Gasteiger charge is 2.15. The summed E-state index contributed by atoms with van der Waals surface area (Å²) in [5, 5.41) is 14.8. The molecular weight excluding hydrogens is 258 g/mol. The van der Waals surface area contributed by atoms with Crippen molar-refractivity contribution in [2.24, 2.45) is 0 Å². The molecule has 1 unspecified atom stereocenters. The van der Waals surface area contributed by atoms with E-state index in [1.54, 1.807) is 24.4 Å². The van der Waals surface area contributed by atoms with Crippen molar-refractivity contribution in [3.8, 4) is 0 Å². The molecule has 0 aliphatic carbocycles. The summed E-state index contributed by atoms with van der Waals surface area (Å²) in [5.41, 5.74) is 1.44. The number of fused-ring (bicyclic) bond motifs is 1. The molecule has 106 valence electrons. The van der Waals surface area contributed by atoms with E-state index >= 15 is 0 Å². The van der Waals surface area contributed by atoms with Gasteiger partial charge in [0.2, 0.25) is 0 Å². The van der Waals surface area contributed by atoms with Crippen molar-refractivity contribution in [1.82, 2.24) is 4.98 Å². The number of benzene rings is 1. The first-order valence-corrected chi connectivity index (χ1v) is 6.50. The van der Waals surface area contributed by atoms with Crippen molar-refractivity contribution in [2.75, 3.05) is 18.5 Å². The van der Waals surface area contributed by atoms with Gasteiger partial charge in [0.1, 0.15) is 5.52 Å². The first-order chi connectivity index (χ1) is 9.63. The molecule has 0 aliphatic heterocycles. The number of nitrogens with zero attached hydrogens (tertiary/aromatic N) is 2. The topological polar surface area (TPSA) is 77.3 Å². The number of aromatic nitrogens is 1. The second-order valence-electron chi connectivity index (χ2n) is 4.49. The molecule has 0 saturated heterocycles. The van der Waals surface area contributed by atoms with Gasteiger partial charge in [0.15, 0.2) is 0 Å². The number of hydrogen-bond acceptors (Lipinski definition) is 5. The number of non-ortho nitro benzene ring substituents is 1. The molecule has 1 aromatic heterocycles. The van der Waals surface area contributed by atoms with E-state index in [0.717, 1.165) is 5.69 Å². The second-order valence-corrected chi connectivity index (χ2v) is 4.49. The van der Waals surface area contributed by atoms with Crippen LogP contribution in [0.4, 0.5) is 11.4 Å². The van der Waals surface area contributed by atoms with Crippen LogP contribution in [0.3, 0.4) is 0 Å². The van der Waals surface area contributed by atoms with Gasteiger partial charge in [-0.2, -0.15) is 0 Å². The van der Waals surface area contributed by atoms with Crippen LogP contribution in [0.1, 0.15) is 13.8 Å². The number of ether oxygens (including phenoxy) is 1. The van der Waals surface area contributed by atoms with Crippen LogP contribution in [0.5, 0.6) is 0 Å². The largest absolute Gasteiger partial charge is 0.380 e. The summed E-state index contributed by atoms with van der Waals surface area (Å²) in [5.74, 6) is 0. The van der Waals surface area contributed by atoms with Crippen molar-refractivity contribution >= 4 is 22.3 Å². The Morgan fingerprint density at radius 1 is 1.45 bits per heavy atom. The third-order valence-corrected chi connectivity index (χ3v) is 2.92. The van der Waals surface area contributed by atoms with Gasteiger partial charge in [-0.1, -0.05) is 0 Å². The Kier molecular flexibility index (Phi) is 4.47. The third-order valence-electron chi connectivity index (χ3n) is 2.92. The van der Waals surface area contributed by atoms with Crippen molar-refractivity contribution in [3.05, 3.63) is 40.6 Å². The number of hydrogen-bond donors (Lipinski definition) is 1. The fraction of sp³-hybridized carbons (Fsp3) is 0.357. The predicted molar refractivity (Wildman–Crippen MR) is 78.0 cm³/mol. The van der Waals surface area contributed by atoms with Gasteiger partial charge in [-0.25, -0.2) is 0 Å². The van der Waals surface area contributed by atoms with Crippen LogP contribution in [-0.4, -0.2) is 29.2 Å². The number of nitro groups is 1. The average Bonchev–Trinajstić information content (AvgIpc) is 2.45. The lowest BCUT2D eigenvalue weighted by molar-refractivity contribution is -0.383. The quantitative estimate of drug-likeness (QED) is 0.647. The van der Waals surface area contributed by atoms with E-state index in [9.17, 15) is 10.1 Å². The number of nitrogens with one attached hydrogen (secondary N) is 1. The lowest BCUT2D eigenvalue weighted by Gasteiger charge is -2.16. The smallest absolute Gasteiger partial charge is 0.278 e. The summed E-state index contributed by atoms with van der Waals surface area (Å²) in [4.78, 5) is 14.9. The van der Waals surface area contributed by atoms with Gasteiger partial charge < -0.3 is 10.1 Å². The molecule has 0 bridgehead atoms. The van der Waals surface area contributed by atoms with Gasteiger partial charge in [0.25, 0.3) is 5.69 Å². The molecule has 0 amide bonds. The maximum Gasteiger partial charge on any atom is 0.278 e. The first kappa shape index (κ1) is 14.2. The monoisotopic (exact) mass is 275 g/mol. The first-order valence-electron chi connectivity index (χ1n) is 6.50. The van der Waals surface area contributed by atoms with Crippen molar-refractivity contribution in [2.45, 2.75) is 19.9 Å². The summed E-state index contributed by atoms with van der Waals surface area (Å²) in [6.45, 7) is 5.16. The molecule has 6 nitrogen and oxygen atoms in total. The Morgan fingerprint density at radius 3 is 2.95 bits per heavy atom. The van der Waals surface area contributed by atoms with Gasteiger partial charge in [0, 0.05) is 24.9 Å². The maximum atomic E-state index is 11.0. The maximum absolute atomic E-state index is 11.0. The minimum Gasteiger partial charge on any atom is -0.380 e. The number of nitro benzene ring substituents is 1. The normalized spacial score (nSPS) is 12.3. The summed E-state index contributed by atoms with van der Waals surface area (Å²) in [6, 6.07) is 6.69. The zero-order valence-corrected chi connectivity index (χ0v) is 11.5. The number of pyridine rings is 1. The van der Waals surface area contributed by atoms with Crippen LogP contribution in [0, 0.1) is 10.1 Å². The highest BCUT2D eigenvalue weighted by atomic mass is 16.6. The Morgan fingerprint density at radius 2 is 2.25 bits per heavy atom. The third kappa shape index (κ3) is 3.03. The van der Waals surface area contributed by atoms with E-state index in [-0.39, 0.29) is 11.7 Å². The zero-order chi connectivity index (χ0) is 14.5. The van der Waals surface area contributed by atoms with Gasteiger partial charge in [-0.05, 0) is 32.0 Å². The highest BCUT2D eigenvalue weighted by molar-refractivity contribution is 5.96. The number of anilines is 1. The minimum atomic E-state index is -0.391. The Balaban J connectivity index is 2.35. The Bertz CT molecular complexity index is 616. The molecule has 20 heavy (non-hydrogen) atoms. The van der Waals surface area contributed by atoms with Crippen LogP contribution in [0.25, 0.3) is 10.9 Å². The lowest BCUT2D eigenvalue weighted by atomic mass is 10.1. The zero-order valence-electron chi connectivity index (χ0n) is 11.5. The fourth-order valence-corrected chi connectivity index (χ4v) is 2.04. The summed E-state index contributed by atoms with van der Waals surface area (Å²) < 4.78 is 5.35. The molecule has 1 N–H and O–H groups in total. The van der Waals surface area contributed by atoms with Gasteiger partial charge in [0.05, 0.1) is 22.6 Å². The van der Waals surface area contributed by atoms with Gasteiger partial charge in [-0.3, -0.25) is 15.1 Å². The Labute approximate surface area is 116 Å². The van der Waals surface area contributed by atoms with Crippen LogP contribution in [0.15, 0.2) is 30.5 Å². The van der Waals surface area contributed by atoms with Crippen LogP contribution >= 0.6 is 0 Å². The molecule has 1 aromatic carbocycles. The van der Waals surface area contributed by atoms with E-state index in [1.165, 1.54) is 6.07 Å². The molecule has 0 saturated carbocycles. The second kappa shape index (κ2) is 6.29. The van der Waals surface area contributed by atoms with E-state index < -0.39 is 4.92 Å². The molecule has 1 heterocycles. The van der Waals surface area contributed by atoms with Crippen LogP contribution in [0.2, 0.25) is 0 Å². The van der Waals surface area contributed by atoms with Crippen LogP contribution < -0.4 is 5.32 Å². The lowest BCUT2D eigenvalue weighted by Crippen LogP contribution is -2.21. The van der Waals surface area contributed by atoms with E-state index in [4.69, 9.17) is 4.74 Å². The van der Waals surface area contributed by atoms with Crippen molar-refractivity contribution in [3.63, 3.8) is 0 Å². The van der Waals surface area contributed by atoms with Gasteiger partial charge in [-0.15, -0.1) is 0 Å². The Hall–Kier alpha value is -2.21. The summed E-state index contributed by atoms with van der Waals surface area (Å²) in [6.07, 6.45) is 1.63. The SMILES string of the molecule is CCOCC(C)Nc1ccc([N+](=O)[O-])c2cccnc12. The van der Waals surface area contributed by atoms with Gasteiger partial charge >= 0.3 is 0 Å². The molecule has 0 spiro atoms. The molecule has 6 heteroatoms. The van der Waals surface area contributed by atoms with Crippen molar-refractivity contribution < 1.29 is 9.66 Å².